The minimum Gasteiger partial charge on any atom is -0.507 e. The molecule has 0 aliphatic heterocycles. The van der Waals surface area contributed by atoms with Gasteiger partial charge in [-0.05, 0) is 42.0 Å². The molecule has 0 atom stereocenters. The van der Waals surface area contributed by atoms with Crippen molar-refractivity contribution in [3.63, 3.8) is 0 Å². The molecule has 22 heavy (non-hydrogen) atoms. The lowest BCUT2D eigenvalue weighted by atomic mass is 10.1. The summed E-state index contributed by atoms with van der Waals surface area (Å²) in [5.74, 6) is -0.494. The van der Waals surface area contributed by atoms with Crippen LogP contribution < -0.4 is 5.43 Å². The molecule has 2 N–H and O–H groups in total. The van der Waals surface area contributed by atoms with Crippen LogP contribution in [0.3, 0.4) is 0 Å². The van der Waals surface area contributed by atoms with Crippen molar-refractivity contribution in [1.29, 1.82) is 0 Å². The molecular formula is C17H14N2O2S. The summed E-state index contributed by atoms with van der Waals surface area (Å²) >= 11 is 1.59. The zero-order chi connectivity index (χ0) is 15.5. The lowest BCUT2D eigenvalue weighted by molar-refractivity contribution is 0.0952. The molecule has 3 aromatic rings. The SMILES string of the molecule is Cc1ccc(/C=N\NC(=O)c2cc3ccccc3cc2O)s1. The minimum absolute atomic E-state index is 0.0571. The third-order valence-electron chi connectivity index (χ3n) is 3.23. The number of thiophene rings is 1. The zero-order valence-electron chi connectivity index (χ0n) is 11.9. The van der Waals surface area contributed by atoms with Gasteiger partial charge in [-0.25, -0.2) is 5.43 Å². The van der Waals surface area contributed by atoms with Crippen molar-refractivity contribution >= 4 is 34.2 Å². The topological polar surface area (TPSA) is 61.7 Å². The van der Waals surface area contributed by atoms with Gasteiger partial charge in [0, 0.05) is 9.75 Å². The van der Waals surface area contributed by atoms with Crippen LogP contribution in [0.25, 0.3) is 10.8 Å². The number of phenolic OH excluding ortho intramolecular Hbond substituents is 1. The predicted octanol–water partition coefficient (Wildman–Crippen LogP) is 3.68. The highest BCUT2D eigenvalue weighted by atomic mass is 32.1. The Kier molecular flexibility index (Phi) is 3.89. The van der Waals surface area contributed by atoms with Gasteiger partial charge in [0.2, 0.25) is 0 Å². The van der Waals surface area contributed by atoms with Gasteiger partial charge < -0.3 is 5.11 Å². The fourth-order valence-electron chi connectivity index (χ4n) is 2.15. The van der Waals surface area contributed by atoms with Crippen LogP contribution in [0.2, 0.25) is 0 Å². The summed E-state index contributed by atoms with van der Waals surface area (Å²) in [6.45, 7) is 2.01. The van der Waals surface area contributed by atoms with Gasteiger partial charge >= 0.3 is 0 Å². The molecule has 0 bridgehead atoms. The summed E-state index contributed by atoms with van der Waals surface area (Å²) in [7, 11) is 0. The second-order valence-electron chi connectivity index (χ2n) is 4.86. The van der Waals surface area contributed by atoms with Crippen LogP contribution in [0.15, 0.2) is 53.6 Å². The highest BCUT2D eigenvalue weighted by molar-refractivity contribution is 7.13. The number of nitrogens with one attached hydrogen (secondary N) is 1. The molecule has 0 aliphatic rings. The summed E-state index contributed by atoms with van der Waals surface area (Å²) in [5.41, 5.74) is 2.65. The number of aromatic hydroxyl groups is 1. The second kappa shape index (κ2) is 5.99. The molecule has 0 saturated heterocycles. The third-order valence-corrected chi connectivity index (χ3v) is 4.16. The number of hydrogen-bond donors (Lipinski definition) is 2. The van der Waals surface area contributed by atoms with Crippen LogP contribution >= 0.6 is 11.3 Å². The van der Waals surface area contributed by atoms with Crippen LogP contribution in [-0.4, -0.2) is 17.2 Å². The molecule has 0 fully saturated rings. The largest absolute Gasteiger partial charge is 0.507 e. The number of fused-ring (bicyclic) bond motifs is 1. The van der Waals surface area contributed by atoms with Crippen LogP contribution in [0, 0.1) is 6.92 Å². The zero-order valence-corrected chi connectivity index (χ0v) is 12.7. The second-order valence-corrected chi connectivity index (χ2v) is 6.18. The number of rotatable bonds is 3. The molecule has 2 aromatic carbocycles. The normalized spacial score (nSPS) is 11.1. The van der Waals surface area contributed by atoms with Gasteiger partial charge in [-0.3, -0.25) is 4.79 Å². The third kappa shape index (κ3) is 2.99. The lowest BCUT2D eigenvalue weighted by Crippen LogP contribution is -2.17. The van der Waals surface area contributed by atoms with Gasteiger partial charge in [0.25, 0.3) is 5.91 Å². The average Bonchev–Trinajstić information content (AvgIpc) is 2.92. The Morgan fingerprint density at radius 3 is 2.59 bits per heavy atom. The Labute approximate surface area is 131 Å². The number of amides is 1. The maximum absolute atomic E-state index is 12.1. The van der Waals surface area contributed by atoms with Crippen molar-refractivity contribution in [2.45, 2.75) is 6.92 Å². The Morgan fingerprint density at radius 2 is 1.91 bits per heavy atom. The van der Waals surface area contributed by atoms with Crippen LogP contribution in [0.4, 0.5) is 0 Å². The highest BCUT2D eigenvalue weighted by Crippen LogP contribution is 2.24. The molecule has 5 heteroatoms. The van der Waals surface area contributed by atoms with E-state index in [1.807, 2.05) is 43.3 Å². The fourth-order valence-corrected chi connectivity index (χ4v) is 2.90. The smallest absolute Gasteiger partial charge is 0.275 e. The molecule has 0 saturated carbocycles. The van der Waals surface area contributed by atoms with Crippen LogP contribution in [-0.2, 0) is 0 Å². The van der Waals surface area contributed by atoms with Gasteiger partial charge in [-0.15, -0.1) is 11.3 Å². The van der Waals surface area contributed by atoms with Crippen molar-refractivity contribution in [3.05, 3.63) is 63.8 Å². The van der Waals surface area contributed by atoms with Crippen molar-refractivity contribution in [3.8, 4) is 5.75 Å². The predicted molar refractivity (Wildman–Crippen MR) is 89.7 cm³/mol. The van der Waals surface area contributed by atoms with E-state index in [4.69, 9.17) is 0 Å². The molecule has 0 radical (unpaired) electrons. The summed E-state index contributed by atoms with van der Waals surface area (Å²) in [5, 5.41) is 15.7. The van der Waals surface area contributed by atoms with Crippen molar-refractivity contribution < 1.29 is 9.90 Å². The van der Waals surface area contributed by atoms with E-state index in [9.17, 15) is 9.90 Å². The standard InChI is InChI=1S/C17H14N2O2S/c1-11-6-7-14(22-11)10-18-19-17(21)15-8-12-4-2-3-5-13(12)9-16(15)20/h2-10,20H,1H3,(H,19,21)/b18-10-. The Bertz CT molecular complexity index is 868. The molecule has 3 rings (SSSR count). The molecule has 0 spiro atoms. The van der Waals surface area contributed by atoms with Gasteiger partial charge in [0.05, 0.1) is 11.8 Å². The van der Waals surface area contributed by atoms with E-state index < -0.39 is 5.91 Å². The summed E-state index contributed by atoms with van der Waals surface area (Å²) in [6.07, 6.45) is 1.59. The first-order valence-corrected chi connectivity index (χ1v) is 7.57. The molecule has 0 unspecified atom stereocenters. The van der Waals surface area contributed by atoms with Gasteiger partial charge in [-0.1, -0.05) is 24.3 Å². The number of phenols is 1. The number of hydrazone groups is 1. The van der Waals surface area contributed by atoms with Gasteiger partial charge in [-0.2, -0.15) is 5.10 Å². The van der Waals surface area contributed by atoms with E-state index in [0.717, 1.165) is 15.6 Å². The average molecular weight is 310 g/mol. The Hall–Kier alpha value is -2.66. The van der Waals surface area contributed by atoms with E-state index >= 15 is 0 Å². The Morgan fingerprint density at radius 1 is 1.18 bits per heavy atom. The summed E-state index contributed by atoms with van der Waals surface area (Å²) in [6, 6.07) is 14.7. The van der Waals surface area contributed by atoms with Crippen molar-refractivity contribution in [2.75, 3.05) is 0 Å². The summed E-state index contributed by atoms with van der Waals surface area (Å²) in [4.78, 5) is 14.3. The van der Waals surface area contributed by atoms with Gasteiger partial charge in [0.15, 0.2) is 0 Å². The van der Waals surface area contributed by atoms with E-state index in [0.29, 0.717) is 0 Å². The minimum atomic E-state index is -0.437. The van der Waals surface area contributed by atoms with E-state index in [2.05, 4.69) is 10.5 Å². The van der Waals surface area contributed by atoms with Gasteiger partial charge in [0.1, 0.15) is 5.75 Å². The van der Waals surface area contributed by atoms with E-state index in [1.165, 1.54) is 4.88 Å². The maximum atomic E-state index is 12.1. The van der Waals surface area contributed by atoms with Crippen LogP contribution in [0.1, 0.15) is 20.1 Å². The van der Waals surface area contributed by atoms with Crippen LogP contribution in [0.5, 0.6) is 5.75 Å². The number of hydrogen-bond acceptors (Lipinski definition) is 4. The van der Waals surface area contributed by atoms with E-state index in [1.54, 1.807) is 29.7 Å². The molecular weight excluding hydrogens is 296 g/mol. The number of benzene rings is 2. The summed E-state index contributed by atoms with van der Waals surface area (Å²) < 4.78 is 0. The number of nitrogens with zero attached hydrogens (tertiary/aromatic N) is 1. The van der Waals surface area contributed by atoms with Crippen molar-refractivity contribution in [1.82, 2.24) is 5.43 Å². The molecule has 4 nitrogen and oxygen atoms in total. The highest BCUT2D eigenvalue weighted by Gasteiger charge is 2.11. The first-order valence-electron chi connectivity index (χ1n) is 6.75. The first kappa shape index (κ1) is 14.3. The monoisotopic (exact) mass is 310 g/mol. The van der Waals surface area contributed by atoms with E-state index in [-0.39, 0.29) is 11.3 Å². The lowest BCUT2D eigenvalue weighted by Gasteiger charge is -2.05. The molecule has 1 amide bonds. The molecule has 1 heterocycles. The van der Waals surface area contributed by atoms with Crippen molar-refractivity contribution in [2.24, 2.45) is 5.10 Å². The first-order chi connectivity index (χ1) is 10.6. The number of aryl methyl sites for hydroxylation is 1. The fraction of sp³-hybridized carbons (Fsp3) is 0.0588. The Balaban J connectivity index is 1.80. The quantitative estimate of drug-likeness (QED) is 0.572. The molecule has 110 valence electrons. The number of carbonyl (C=O) groups is 1. The molecule has 1 aromatic heterocycles. The number of carbonyl (C=O) groups excluding carboxylic acids is 1. The molecule has 0 aliphatic carbocycles. The maximum Gasteiger partial charge on any atom is 0.275 e.